The molecule has 108 valence electrons. The lowest BCUT2D eigenvalue weighted by atomic mass is 9.86. The van der Waals surface area contributed by atoms with E-state index in [2.05, 4.69) is 49.3 Å². The third kappa shape index (κ3) is 3.77. The van der Waals surface area contributed by atoms with E-state index in [4.69, 9.17) is 4.74 Å². The normalized spacial score (nSPS) is 11.6. The van der Waals surface area contributed by atoms with Gasteiger partial charge in [0.05, 0.1) is 0 Å². The molecule has 0 aliphatic heterocycles. The predicted octanol–water partition coefficient (Wildman–Crippen LogP) is 3.74. The van der Waals surface area contributed by atoms with Gasteiger partial charge in [0.25, 0.3) is 5.19 Å². The van der Waals surface area contributed by atoms with Crippen LogP contribution in [0, 0.1) is 0 Å². The zero-order valence-corrected chi connectivity index (χ0v) is 13.3. The van der Waals surface area contributed by atoms with Gasteiger partial charge in [-0.25, -0.2) is 0 Å². The first-order valence-electron chi connectivity index (χ1n) is 6.81. The van der Waals surface area contributed by atoms with Crippen LogP contribution in [0.25, 0.3) is 0 Å². The highest BCUT2D eigenvalue weighted by Gasteiger charge is 2.19. The van der Waals surface area contributed by atoms with Crippen molar-refractivity contribution in [2.24, 2.45) is 0 Å². The maximum absolute atomic E-state index is 5.91. The number of aromatic nitrogens is 2. The smallest absolute Gasteiger partial charge is 0.299 e. The minimum absolute atomic E-state index is 0.0356. The molecule has 1 heterocycles. The summed E-state index contributed by atoms with van der Waals surface area (Å²) in [5.74, 6) is 0.853. The van der Waals surface area contributed by atoms with Crippen molar-refractivity contribution in [3.8, 4) is 10.9 Å². The van der Waals surface area contributed by atoms with Gasteiger partial charge in [-0.05, 0) is 18.0 Å². The Labute approximate surface area is 124 Å². The average Bonchev–Trinajstić information content (AvgIpc) is 2.83. The van der Waals surface area contributed by atoms with Crippen LogP contribution in [0.5, 0.6) is 10.9 Å². The van der Waals surface area contributed by atoms with Crippen molar-refractivity contribution in [2.45, 2.75) is 39.7 Å². The second-order valence-electron chi connectivity index (χ2n) is 5.59. The van der Waals surface area contributed by atoms with Crippen LogP contribution in [0.1, 0.15) is 38.3 Å². The van der Waals surface area contributed by atoms with Crippen molar-refractivity contribution in [1.29, 1.82) is 0 Å². The highest BCUT2D eigenvalue weighted by molar-refractivity contribution is 7.13. The Morgan fingerprint density at radius 3 is 2.65 bits per heavy atom. The van der Waals surface area contributed by atoms with Gasteiger partial charge in [-0.3, -0.25) is 0 Å². The van der Waals surface area contributed by atoms with E-state index >= 15 is 0 Å². The van der Waals surface area contributed by atoms with Crippen LogP contribution in [0.3, 0.4) is 0 Å². The van der Waals surface area contributed by atoms with Gasteiger partial charge in [0.15, 0.2) is 0 Å². The molecule has 0 amide bonds. The molecular weight excluding hydrogens is 270 g/mol. The van der Waals surface area contributed by atoms with Crippen molar-refractivity contribution < 1.29 is 4.74 Å². The number of benzene rings is 1. The van der Waals surface area contributed by atoms with Gasteiger partial charge in [-0.15, -0.1) is 5.10 Å². The molecule has 1 aromatic carbocycles. The fourth-order valence-corrected chi connectivity index (χ4v) is 2.52. The third-order valence-corrected chi connectivity index (χ3v) is 3.67. The van der Waals surface area contributed by atoms with E-state index in [0.29, 0.717) is 5.19 Å². The zero-order chi connectivity index (χ0) is 14.6. The van der Waals surface area contributed by atoms with Gasteiger partial charge in [0.1, 0.15) is 10.8 Å². The summed E-state index contributed by atoms with van der Waals surface area (Å²) in [6.07, 6.45) is 0. The average molecular weight is 291 g/mol. The number of nitrogens with one attached hydrogen (secondary N) is 1. The largest absolute Gasteiger partial charge is 0.429 e. The molecule has 4 nitrogen and oxygen atoms in total. The maximum atomic E-state index is 5.91. The minimum Gasteiger partial charge on any atom is -0.429 e. The first kappa shape index (κ1) is 14.9. The molecule has 5 heteroatoms. The van der Waals surface area contributed by atoms with E-state index in [1.54, 1.807) is 0 Å². The molecule has 0 atom stereocenters. The first-order valence-corrected chi connectivity index (χ1v) is 7.63. The SMILES string of the molecule is CCNCc1nnc(Oc2ccccc2C(C)(C)C)s1. The number of nitrogens with zero attached hydrogens (tertiary/aromatic N) is 2. The van der Waals surface area contributed by atoms with Gasteiger partial charge in [0, 0.05) is 12.1 Å². The Hall–Kier alpha value is -1.46. The lowest BCUT2D eigenvalue weighted by molar-refractivity contribution is 0.448. The highest BCUT2D eigenvalue weighted by Crippen LogP contribution is 2.34. The fraction of sp³-hybridized carbons (Fsp3) is 0.467. The Morgan fingerprint density at radius 2 is 1.95 bits per heavy atom. The summed E-state index contributed by atoms with van der Waals surface area (Å²) >= 11 is 1.48. The van der Waals surface area contributed by atoms with Gasteiger partial charge in [0.2, 0.25) is 0 Å². The maximum Gasteiger partial charge on any atom is 0.299 e. The van der Waals surface area contributed by atoms with Crippen molar-refractivity contribution >= 4 is 11.3 Å². The highest BCUT2D eigenvalue weighted by atomic mass is 32.1. The summed E-state index contributed by atoms with van der Waals surface area (Å²) in [6, 6.07) is 8.08. The van der Waals surface area contributed by atoms with Crippen LogP contribution in [0.15, 0.2) is 24.3 Å². The van der Waals surface area contributed by atoms with Crippen LogP contribution in [0.2, 0.25) is 0 Å². The minimum atomic E-state index is 0.0356. The summed E-state index contributed by atoms with van der Waals surface area (Å²) in [7, 11) is 0. The molecule has 2 rings (SSSR count). The molecule has 0 aliphatic carbocycles. The Bertz CT molecular complexity index is 560. The molecule has 0 saturated carbocycles. The van der Waals surface area contributed by atoms with E-state index in [0.717, 1.165) is 23.8 Å². The number of rotatable bonds is 5. The van der Waals surface area contributed by atoms with E-state index in [9.17, 15) is 0 Å². The fourth-order valence-electron chi connectivity index (χ4n) is 1.85. The summed E-state index contributed by atoms with van der Waals surface area (Å²) in [6.45, 7) is 10.2. The molecule has 0 bridgehead atoms. The summed E-state index contributed by atoms with van der Waals surface area (Å²) in [5.41, 5.74) is 1.21. The summed E-state index contributed by atoms with van der Waals surface area (Å²) in [5, 5.41) is 13.0. The van der Waals surface area contributed by atoms with Gasteiger partial charge < -0.3 is 10.1 Å². The molecule has 1 N–H and O–H groups in total. The molecule has 0 unspecified atom stereocenters. The summed E-state index contributed by atoms with van der Waals surface area (Å²) in [4.78, 5) is 0. The van der Waals surface area contributed by atoms with Crippen molar-refractivity contribution in [3.63, 3.8) is 0 Å². The molecule has 2 aromatic rings. The Morgan fingerprint density at radius 1 is 1.20 bits per heavy atom. The van der Waals surface area contributed by atoms with E-state index in [1.165, 1.54) is 16.9 Å². The monoisotopic (exact) mass is 291 g/mol. The molecule has 0 radical (unpaired) electrons. The van der Waals surface area contributed by atoms with E-state index in [1.807, 2.05) is 18.2 Å². The number of para-hydroxylation sites is 1. The second kappa shape index (κ2) is 6.33. The van der Waals surface area contributed by atoms with Gasteiger partial charge >= 0.3 is 0 Å². The zero-order valence-electron chi connectivity index (χ0n) is 12.4. The van der Waals surface area contributed by atoms with E-state index in [-0.39, 0.29) is 5.41 Å². The van der Waals surface area contributed by atoms with Crippen molar-refractivity contribution in [3.05, 3.63) is 34.8 Å². The molecular formula is C15H21N3OS. The van der Waals surface area contributed by atoms with Gasteiger partial charge in [-0.1, -0.05) is 62.3 Å². The molecule has 20 heavy (non-hydrogen) atoms. The van der Waals surface area contributed by atoms with Crippen LogP contribution in [0.4, 0.5) is 0 Å². The van der Waals surface area contributed by atoms with Gasteiger partial charge in [-0.2, -0.15) is 0 Å². The Balaban J connectivity index is 2.16. The number of hydrogen-bond acceptors (Lipinski definition) is 5. The molecule has 0 spiro atoms. The molecule has 1 aromatic heterocycles. The van der Waals surface area contributed by atoms with Crippen LogP contribution in [-0.4, -0.2) is 16.7 Å². The quantitative estimate of drug-likeness (QED) is 0.911. The molecule has 0 saturated heterocycles. The van der Waals surface area contributed by atoms with Crippen molar-refractivity contribution in [2.75, 3.05) is 6.54 Å². The lowest BCUT2D eigenvalue weighted by Gasteiger charge is -2.21. The number of hydrogen-bond donors (Lipinski definition) is 1. The molecule has 0 fully saturated rings. The van der Waals surface area contributed by atoms with Crippen LogP contribution >= 0.6 is 11.3 Å². The van der Waals surface area contributed by atoms with E-state index < -0.39 is 0 Å². The summed E-state index contributed by atoms with van der Waals surface area (Å²) < 4.78 is 5.91. The van der Waals surface area contributed by atoms with Crippen LogP contribution in [-0.2, 0) is 12.0 Å². The number of ether oxygens (including phenoxy) is 1. The predicted molar refractivity (Wildman–Crippen MR) is 82.5 cm³/mol. The third-order valence-electron chi connectivity index (χ3n) is 2.87. The van der Waals surface area contributed by atoms with Crippen molar-refractivity contribution in [1.82, 2.24) is 15.5 Å². The standard InChI is InChI=1S/C15H21N3OS/c1-5-16-10-13-17-18-14(20-13)19-12-9-7-6-8-11(12)15(2,3)4/h6-9,16H,5,10H2,1-4H3. The first-order chi connectivity index (χ1) is 9.50. The topological polar surface area (TPSA) is 47.0 Å². The Kier molecular flexibility index (Phi) is 4.73. The lowest BCUT2D eigenvalue weighted by Crippen LogP contribution is -2.12. The van der Waals surface area contributed by atoms with Crippen LogP contribution < -0.4 is 10.1 Å². The molecule has 0 aliphatic rings. The second-order valence-corrected chi connectivity index (χ2v) is 6.61.